The second-order valence-electron chi connectivity index (χ2n) is 4.59. The van der Waals surface area contributed by atoms with E-state index in [1.165, 1.54) is 19.3 Å². The third kappa shape index (κ3) is 3.22. The minimum atomic E-state index is 0.253. The fourth-order valence-electron chi connectivity index (χ4n) is 2.06. The van der Waals surface area contributed by atoms with Crippen molar-refractivity contribution in [3.63, 3.8) is 0 Å². The van der Waals surface area contributed by atoms with E-state index < -0.39 is 0 Å². The van der Waals surface area contributed by atoms with Crippen LogP contribution in [0.15, 0.2) is 0 Å². The Morgan fingerprint density at radius 3 is 2.61 bits per heavy atom. The highest BCUT2D eigenvalue weighted by Crippen LogP contribution is 2.28. The third-order valence-corrected chi connectivity index (χ3v) is 3.47. The van der Waals surface area contributed by atoms with Crippen LogP contribution in [0.25, 0.3) is 0 Å². The lowest BCUT2D eigenvalue weighted by Gasteiger charge is -2.31. The molecule has 1 aromatic heterocycles. The minimum Gasteiger partial charge on any atom is -0.354 e. The normalized spacial score (nSPS) is 15.3. The molecule has 0 atom stereocenters. The first-order valence-corrected chi connectivity index (χ1v) is 7.01. The SMILES string of the molecule is CCNc1nc(Cl)nc(N(CC)CC2CCC2)n1. The third-order valence-electron chi connectivity index (χ3n) is 3.30. The molecule has 0 spiro atoms. The maximum atomic E-state index is 5.94. The topological polar surface area (TPSA) is 53.9 Å². The van der Waals surface area contributed by atoms with E-state index in [-0.39, 0.29) is 5.28 Å². The van der Waals surface area contributed by atoms with Crippen molar-refractivity contribution in [3.05, 3.63) is 5.28 Å². The van der Waals surface area contributed by atoms with Crippen LogP contribution in [0.3, 0.4) is 0 Å². The maximum absolute atomic E-state index is 5.94. The van der Waals surface area contributed by atoms with E-state index >= 15 is 0 Å². The monoisotopic (exact) mass is 269 g/mol. The van der Waals surface area contributed by atoms with E-state index in [9.17, 15) is 0 Å². The summed E-state index contributed by atoms with van der Waals surface area (Å²) in [4.78, 5) is 14.9. The highest BCUT2D eigenvalue weighted by atomic mass is 35.5. The van der Waals surface area contributed by atoms with Gasteiger partial charge in [0, 0.05) is 19.6 Å². The zero-order valence-electron chi connectivity index (χ0n) is 11.0. The van der Waals surface area contributed by atoms with E-state index in [0.29, 0.717) is 11.9 Å². The molecule has 0 radical (unpaired) electrons. The van der Waals surface area contributed by atoms with Crippen molar-refractivity contribution in [2.45, 2.75) is 33.1 Å². The van der Waals surface area contributed by atoms with Gasteiger partial charge in [-0.25, -0.2) is 0 Å². The van der Waals surface area contributed by atoms with Gasteiger partial charge >= 0.3 is 0 Å². The van der Waals surface area contributed by atoms with Crippen molar-refractivity contribution in [2.24, 2.45) is 5.92 Å². The molecule has 0 bridgehead atoms. The molecule has 18 heavy (non-hydrogen) atoms. The van der Waals surface area contributed by atoms with Crippen molar-refractivity contribution in [3.8, 4) is 0 Å². The summed E-state index contributed by atoms with van der Waals surface area (Å²) >= 11 is 5.94. The molecular formula is C12H20ClN5. The van der Waals surface area contributed by atoms with E-state index in [1.54, 1.807) is 0 Å². The number of nitrogens with zero attached hydrogens (tertiary/aromatic N) is 4. The summed E-state index contributed by atoms with van der Waals surface area (Å²) in [6, 6.07) is 0. The maximum Gasteiger partial charge on any atom is 0.231 e. The van der Waals surface area contributed by atoms with Gasteiger partial charge < -0.3 is 10.2 Å². The summed E-state index contributed by atoms with van der Waals surface area (Å²) in [5, 5.41) is 3.33. The summed E-state index contributed by atoms with van der Waals surface area (Å²) < 4.78 is 0. The van der Waals surface area contributed by atoms with E-state index in [0.717, 1.165) is 25.6 Å². The van der Waals surface area contributed by atoms with Gasteiger partial charge in [0.05, 0.1) is 0 Å². The van der Waals surface area contributed by atoms with Crippen LogP contribution in [0.4, 0.5) is 11.9 Å². The van der Waals surface area contributed by atoms with Crippen LogP contribution >= 0.6 is 11.6 Å². The molecule has 0 aromatic carbocycles. The lowest BCUT2D eigenvalue weighted by molar-refractivity contribution is 0.317. The lowest BCUT2D eigenvalue weighted by atomic mass is 9.85. The van der Waals surface area contributed by atoms with Crippen LogP contribution in [0.5, 0.6) is 0 Å². The summed E-state index contributed by atoms with van der Waals surface area (Å²) in [7, 11) is 0. The molecule has 100 valence electrons. The second kappa shape index (κ2) is 6.18. The summed E-state index contributed by atoms with van der Waals surface area (Å²) in [5.41, 5.74) is 0. The molecule has 1 aliphatic rings. The van der Waals surface area contributed by atoms with Gasteiger partial charge in [0.15, 0.2) is 0 Å². The molecule has 1 saturated carbocycles. The molecule has 0 unspecified atom stereocenters. The first-order chi connectivity index (χ1) is 8.72. The Morgan fingerprint density at radius 1 is 1.28 bits per heavy atom. The van der Waals surface area contributed by atoms with Crippen molar-refractivity contribution >= 4 is 23.5 Å². The smallest absolute Gasteiger partial charge is 0.231 e. The quantitative estimate of drug-likeness (QED) is 0.860. The lowest BCUT2D eigenvalue weighted by Crippen LogP contribution is -2.33. The summed E-state index contributed by atoms with van der Waals surface area (Å²) in [6.45, 7) is 6.80. The highest BCUT2D eigenvalue weighted by Gasteiger charge is 2.22. The van der Waals surface area contributed by atoms with Gasteiger partial charge in [0.2, 0.25) is 17.2 Å². The van der Waals surface area contributed by atoms with Gasteiger partial charge in [-0.05, 0) is 44.2 Å². The van der Waals surface area contributed by atoms with Crippen molar-refractivity contribution in [1.29, 1.82) is 0 Å². The van der Waals surface area contributed by atoms with Crippen LogP contribution in [-0.2, 0) is 0 Å². The number of aromatic nitrogens is 3. The standard InChI is InChI=1S/C12H20ClN5/c1-3-14-11-15-10(13)16-12(17-11)18(4-2)8-9-6-5-7-9/h9H,3-8H2,1-2H3,(H,14,15,16,17). The average Bonchev–Trinajstić information content (AvgIpc) is 2.27. The minimum absolute atomic E-state index is 0.253. The van der Waals surface area contributed by atoms with Crippen LogP contribution in [0, 0.1) is 5.92 Å². The first kappa shape index (κ1) is 13.3. The van der Waals surface area contributed by atoms with Crippen molar-refractivity contribution < 1.29 is 0 Å². The fraction of sp³-hybridized carbons (Fsp3) is 0.750. The number of anilines is 2. The average molecular weight is 270 g/mol. The van der Waals surface area contributed by atoms with E-state index in [1.807, 2.05) is 6.92 Å². The summed E-state index contributed by atoms with van der Waals surface area (Å²) in [5.74, 6) is 2.02. The predicted octanol–water partition coefficient (Wildman–Crippen LogP) is 2.58. The molecule has 6 heteroatoms. The van der Waals surface area contributed by atoms with Crippen LogP contribution in [0.2, 0.25) is 5.28 Å². The van der Waals surface area contributed by atoms with E-state index in [2.05, 4.69) is 32.1 Å². The Morgan fingerprint density at radius 2 is 2.06 bits per heavy atom. The number of rotatable bonds is 6. The second-order valence-corrected chi connectivity index (χ2v) is 4.93. The predicted molar refractivity (Wildman–Crippen MR) is 74.2 cm³/mol. The molecule has 0 aliphatic heterocycles. The number of nitrogens with one attached hydrogen (secondary N) is 1. The largest absolute Gasteiger partial charge is 0.354 e. The van der Waals surface area contributed by atoms with Crippen molar-refractivity contribution in [1.82, 2.24) is 15.0 Å². The van der Waals surface area contributed by atoms with Gasteiger partial charge in [-0.1, -0.05) is 6.42 Å². The van der Waals surface area contributed by atoms with Crippen LogP contribution in [-0.4, -0.2) is 34.6 Å². The molecular weight excluding hydrogens is 250 g/mol. The summed E-state index contributed by atoms with van der Waals surface area (Å²) in [6.07, 6.45) is 3.98. The van der Waals surface area contributed by atoms with Crippen LogP contribution < -0.4 is 10.2 Å². The Balaban J connectivity index is 2.12. The zero-order valence-corrected chi connectivity index (χ0v) is 11.7. The Kier molecular flexibility index (Phi) is 4.58. The van der Waals surface area contributed by atoms with Gasteiger partial charge in [0.25, 0.3) is 0 Å². The Bertz CT molecular complexity index is 394. The molecule has 5 nitrogen and oxygen atoms in total. The van der Waals surface area contributed by atoms with E-state index in [4.69, 9.17) is 11.6 Å². The highest BCUT2D eigenvalue weighted by molar-refractivity contribution is 6.28. The molecule has 0 saturated heterocycles. The zero-order chi connectivity index (χ0) is 13.0. The van der Waals surface area contributed by atoms with Gasteiger partial charge in [-0.3, -0.25) is 0 Å². The molecule has 1 aliphatic carbocycles. The molecule has 2 rings (SSSR count). The molecule has 1 N–H and O–H groups in total. The molecule has 0 amide bonds. The molecule has 1 fully saturated rings. The van der Waals surface area contributed by atoms with Gasteiger partial charge in [0.1, 0.15) is 0 Å². The first-order valence-electron chi connectivity index (χ1n) is 6.63. The number of hydrogen-bond acceptors (Lipinski definition) is 5. The van der Waals surface area contributed by atoms with Gasteiger partial charge in [-0.2, -0.15) is 15.0 Å². The Hall–Kier alpha value is -1.10. The number of halogens is 1. The van der Waals surface area contributed by atoms with Crippen LogP contribution in [0.1, 0.15) is 33.1 Å². The Labute approximate surface area is 113 Å². The number of hydrogen-bond donors (Lipinski definition) is 1. The molecule has 1 heterocycles. The fourth-order valence-corrected chi connectivity index (χ4v) is 2.21. The van der Waals surface area contributed by atoms with Crippen molar-refractivity contribution in [2.75, 3.05) is 29.9 Å². The van der Waals surface area contributed by atoms with Gasteiger partial charge in [-0.15, -0.1) is 0 Å². The molecule has 1 aromatic rings.